The van der Waals surface area contributed by atoms with Crippen LogP contribution in [0.4, 0.5) is 17.1 Å². The van der Waals surface area contributed by atoms with Crippen LogP contribution in [0.1, 0.15) is 25.0 Å². The minimum atomic E-state index is -0.101. The lowest BCUT2D eigenvalue weighted by Gasteiger charge is -2.26. The van der Waals surface area contributed by atoms with Gasteiger partial charge in [-0.25, -0.2) is 0 Å². The van der Waals surface area contributed by atoms with Crippen LogP contribution in [0.3, 0.4) is 0 Å². The Morgan fingerprint density at radius 2 is 1.06 bits per heavy atom. The number of hydrogen-bond donors (Lipinski definition) is 0. The fourth-order valence-corrected chi connectivity index (χ4v) is 10.1. The molecule has 8 aromatic carbocycles. The molecule has 0 bridgehead atoms. The maximum Gasteiger partial charge on any atom is 0.159 e. The minimum Gasteiger partial charge on any atom is -0.453 e. The smallest absolute Gasteiger partial charge is 0.159 e. The predicted molar refractivity (Wildman–Crippen MR) is 230 cm³/mol. The third kappa shape index (κ3) is 4.58. The van der Waals surface area contributed by atoms with Gasteiger partial charge in [0.2, 0.25) is 0 Å². The van der Waals surface area contributed by atoms with Crippen molar-refractivity contribution in [2.45, 2.75) is 19.3 Å². The molecule has 11 rings (SSSR count). The molecule has 0 saturated carbocycles. The van der Waals surface area contributed by atoms with E-state index in [4.69, 9.17) is 4.42 Å². The van der Waals surface area contributed by atoms with Gasteiger partial charge >= 0.3 is 0 Å². The number of fused-ring (bicyclic) bond motifs is 10. The van der Waals surface area contributed by atoms with E-state index in [9.17, 15) is 0 Å². The van der Waals surface area contributed by atoms with E-state index in [1.165, 1.54) is 64.7 Å². The number of anilines is 3. The average molecular weight is 710 g/mol. The standard InChI is InChI=1S/C51H35NOS/c1-51(2)43-19-8-6-15-42(43)47-44(51)31-30-40-39-17-11-20-45(48(39)53-49(40)47)52(35-26-22-33(23-27-35)32-12-4-3-5-13-32)36-28-24-34(25-29-36)37-16-10-18-41-38-14-7-9-21-46(38)54-50(37)41/h3-31H,1-2H3. The summed E-state index contributed by atoms with van der Waals surface area (Å²) >= 11 is 1.87. The summed E-state index contributed by atoms with van der Waals surface area (Å²) in [6.45, 7) is 4.65. The van der Waals surface area contributed by atoms with Crippen molar-refractivity contribution < 1.29 is 4.42 Å². The Labute approximate surface area is 318 Å². The first-order valence-electron chi connectivity index (χ1n) is 18.6. The third-order valence-electron chi connectivity index (χ3n) is 11.5. The van der Waals surface area contributed by atoms with Crippen molar-refractivity contribution in [2.24, 2.45) is 0 Å². The van der Waals surface area contributed by atoms with E-state index in [1.54, 1.807) is 0 Å². The minimum absolute atomic E-state index is 0.101. The second-order valence-corrected chi connectivity index (χ2v) is 15.9. The summed E-state index contributed by atoms with van der Waals surface area (Å²) in [5.41, 5.74) is 14.9. The molecule has 54 heavy (non-hydrogen) atoms. The Morgan fingerprint density at radius 1 is 0.444 bits per heavy atom. The predicted octanol–water partition coefficient (Wildman–Crippen LogP) is 15.1. The largest absolute Gasteiger partial charge is 0.453 e. The molecular formula is C51H35NOS. The summed E-state index contributed by atoms with van der Waals surface area (Å²) in [4.78, 5) is 2.35. The monoisotopic (exact) mass is 709 g/mol. The molecule has 1 aliphatic rings. The molecule has 0 atom stereocenters. The molecule has 0 amide bonds. The van der Waals surface area contributed by atoms with Gasteiger partial charge in [0, 0.05) is 53.3 Å². The Balaban J connectivity index is 1.09. The van der Waals surface area contributed by atoms with Crippen LogP contribution < -0.4 is 4.90 Å². The van der Waals surface area contributed by atoms with Gasteiger partial charge in [0.05, 0.1) is 5.69 Å². The Bertz CT molecular complexity index is 3060. The van der Waals surface area contributed by atoms with Crippen LogP contribution in [0.25, 0.3) is 75.5 Å². The fraction of sp³-hybridized carbons (Fsp3) is 0.0588. The SMILES string of the molecule is CC1(C)c2ccccc2-c2c1ccc1c2oc2c(N(c3ccc(-c4ccccc4)cc3)c3ccc(-c4cccc5c4sc4ccccc45)cc3)cccc21. The van der Waals surface area contributed by atoms with Crippen molar-refractivity contribution in [3.05, 3.63) is 187 Å². The van der Waals surface area contributed by atoms with Crippen molar-refractivity contribution in [3.63, 3.8) is 0 Å². The van der Waals surface area contributed by atoms with Gasteiger partial charge in [-0.15, -0.1) is 11.3 Å². The molecule has 3 heteroatoms. The van der Waals surface area contributed by atoms with Gasteiger partial charge in [-0.2, -0.15) is 0 Å². The maximum absolute atomic E-state index is 7.12. The molecule has 0 unspecified atom stereocenters. The molecule has 2 heterocycles. The zero-order valence-corrected chi connectivity index (χ0v) is 30.8. The Hall–Kier alpha value is -6.42. The lowest BCUT2D eigenvalue weighted by molar-refractivity contribution is 0.653. The van der Waals surface area contributed by atoms with Gasteiger partial charge in [-0.3, -0.25) is 0 Å². The van der Waals surface area contributed by atoms with Crippen LogP contribution in [-0.2, 0) is 5.41 Å². The highest BCUT2D eigenvalue weighted by Gasteiger charge is 2.37. The molecule has 256 valence electrons. The first-order valence-corrected chi connectivity index (χ1v) is 19.4. The highest BCUT2D eigenvalue weighted by Crippen LogP contribution is 2.53. The van der Waals surface area contributed by atoms with E-state index in [2.05, 4.69) is 195 Å². The van der Waals surface area contributed by atoms with E-state index in [0.717, 1.165) is 39.0 Å². The highest BCUT2D eigenvalue weighted by molar-refractivity contribution is 7.26. The zero-order valence-electron chi connectivity index (χ0n) is 30.0. The fourth-order valence-electron chi connectivity index (χ4n) is 8.83. The zero-order chi connectivity index (χ0) is 36.0. The van der Waals surface area contributed by atoms with Crippen molar-refractivity contribution in [2.75, 3.05) is 4.90 Å². The van der Waals surface area contributed by atoms with Crippen LogP contribution >= 0.6 is 11.3 Å². The maximum atomic E-state index is 7.12. The quantitative estimate of drug-likeness (QED) is 0.177. The molecule has 1 aliphatic carbocycles. The van der Waals surface area contributed by atoms with E-state index in [1.807, 2.05) is 11.3 Å². The summed E-state index contributed by atoms with van der Waals surface area (Å²) < 4.78 is 9.76. The number of furan rings is 1. The second kappa shape index (κ2) is 11.8. The normalized spacial score (nSPS) is 13.1. The topological polar surface area (TPSA) is 16.4 Å². The number of thiophene rings is 1. The van der Waals surface area contributed by atoms with E-state index in [0.29, 0.717) is 0 Å². The van der Waals surface area contributed by atoms with Crippen molar-refractivity contribution in [3.8, 4) is 33.4 Å². The summed E-state index contributed by atoms with van der Waals surface area (Å²) in [6.07, 6.45) is 0. The number of rotatable bonds is 5. The van der Waals surface area contributed by atoms with Crippen molar-refractivity contribution >= 4 is 70.5 Å². The summed E-state index contributed by atoms with van der Waals surface area (Å²) in [5, 5.41) is 4.89. The molecule has 0 aliphatic heterocycles. The van der Waals surface area contributed by atoms with Gasteiger partial charge < -0.3 is 9.32 Å². The molecule has 0 spiro atoms. The Morgan fingerprint density at radius 3 is 1.87 bits per heavy atom. The summed E-state index contributed by atoms with van der Waals surface area (Å²) in [7, 11) is 0. The van der Waals surface area contributed by atoms with Crippen LogP contribution in [0.2, 0.25) is 0 Å². The molecule has 0 saturated heterocycles. The van der Waals surface area contributed by atoms with E-state index in [-0.39, 0.29) is 5.41 Å². The first kappa shape index (κ1) is 31.1. The van der Waals surface area contributed by atoms with Gasteiger partial charge in [-0.05, 0) is 75.3 Å². The molecule has 0 fully saturated rings. The van der Waals surface area contributed by atoms with E-state index < -0.39 is 0 Å². The molecule has 0 radical (unpaired) electrons. The second-order valence-electron chi connectivity index (χ2n) is 14.9. The number of benzene rings is 8. The molecular weight excluding hydrogens is 675 g/mol. The van der Waals surface area contributed by atoms with Crippen molar-refractivity contribution in [1.82, 2.24) is 0 Å². The van der Waals surface area contributed by atoms with Crippen LogP contribution in [-0.4, -0.2) is 0 Å². The lowest BCUT2D eigenvalue weighted by atomic mass is 9.82. The number of hydrogen-bond acceptors (Lipinski definition) is 3. The lowest BCUT2D eigenvalue weighted by Crippen LogP contribution is -2.14. The molecule has 2 nitrogen and oxygen atoms in total. The number of nitrogens with zero attached hydrogens (tertiary/aromatic N) is 1. The summed E-state index contributed by atoms with van der Waals surface area (Å²) in [6, 6.07) is 63.9. The first-order chi connectivity index (χ1) is 26.5. The van der Waals surface area contributed by atoms with Crippen LogP contribution in [0, 0.1) is 0 Å². The number of para-hydroxylation sites is 1. The van der Waals surface area contributed by atoms with Crippen molar-refractivity contribution in [1.29, 1.82) is 0 Å². The average Bonchev–Trinajstić information content (AvgIpc) is 3.87. The van der Waals surface area contributed by atoms with Crippen LogP contribution in [0.15, 0.2) is 180 Å². The Kier molecular flexibility index (Phi) is 6.80. The van der Waals surface area contributed by atoms with Gasteiger partial charge in [0.25, 0.3) is 0 Å². The third-order valence-corrected chi connectivity index (χ3v) is 12.7. The van der Waals surface area contributed by atoms with Gasteiger partial charge in [0.15, 0.2) is 5.58 Å². The molecule has 0 N–H and O–H groups in total. The molecule has 2 aromatic heterocycles. The summed E-state index contributed by atoms with van der Waals surface area (Å²) in [5.74, 6) is 0. The van der Waals surface area contributed by atoms with Gasteiger partial charge in [0.1, 0.15) is 5.58 Å². The highest BCUT2D eigenvalue weighted by atomic mass is 32.1. The van der Waals surface area contributed by atoms with Crippen LogP contribution in [0.5, 0.6) is 0 Å². The van der Waals surface area contributed by atoms with E-state index >= 15 is 0 Å². The molecule has 10 aromatic rings. The van der Waals surface area contributed by atoms with Gasteiger partial charge in [-0.1, -0.05) is 153 Å².